The number of rotatable bonds is 6. The van der Waals surface area contributed by atoms with Gasteiger partial charge < -0.3 is 10.2 Å². The Kier molecular flexibility index (Phi) is 5.20. The van der Waals surface area contributed by atoms with Crippen LogP contribution in [0.15, 0.2) is 12.1 Å². The van der Waals surface area contributed by atoms with Crippen molar-refractivity contribution in [1.29, 1.82) is 0 Å². The van der Waals surface area contributed by atoms with Crippen LogP contribution in [0.1, 0.15) is 68.3 Å². The van der Waals surface area contributed by atoms with Gasteiger partial charge in [0.25, 0.3) is 0 Å². The lowest BCUT2D eigenvalue weighted by Crippen LogP contribution is -2.00. The Balaban J connectivity index is 2.99. The number of hydrogen-bond acceptors (Lipinski definition) is 3. The van der Waals surface area contributed by atoms with Crippen LogP contribution in [0.3, 0.4) is 0 Å². The second-order valence-corrected chi connectivity index (χ2v) is 4.85. The zero-order valence-electron chi connectivity index (χ0n) is 11.4. The van der Waals surface area contributed by atoms with Crippen LogP contribution in [-0.4, -0.2) is 16.0 Å². The van der Waals surface area contributed by atoms with E-state index in [1.165, 1.54) is 19.1 Å². The molecule has 1 atom stereocenters. The molecular weight excluding hydrogens is 228 g/mol. The SMILES string of the molecule is CCCCCC(C)c1c(O)ccc(C(C)=O)c1O. The molecular formula is C15H22O3. The fraction of sp³-hybridized carbons (Fsp3) is 0.533. The molecule has 0 radical (unpaired) electrons. The summed E-state index contributed by atoms with van der Waals surface area (Å²) < 4.78 is 0. The molecule has 0 bridgehead atoms. The maximum absolute atomic E-state index is 11.4. The number of ketones is 1. The van der Waals surface area contributed by atoms with E-state index < -0.39 is 0 Å². The standard InChI is InChI=1S/C15H22O3/c1-4-5-6-7-10(2)14-13(17)9-8-12(11(3)16)15(14)18/h8-10,17-18H,4-7H2,1-3H3. The van der Waals surface area contributed by atoms with Crippen LogP contribution >= 0.6 is 0 Å². The van der Waals surface area contributed by atoms with E-state index >= 15 is 0 Å². The van der Waals surface area contributed by atoms with Gasteiger partial charge in [0.2, 0.25) is 0 Å². The molecule has 0 spiro atoms. The molecule has 0 amide bonds. The molecule has 0 aliphatic heterocycles. The molecule has 0 saturated heterocycles. The van der Waals surface area contributed by atoms with Gasteiger partial charge in [0.1, 0.15) is 11.5 Å². The van der Waals surface area contributed by atoms with Crippen molar-refractivity contribution in [3.8, 4) is 11.5 Å². The summed E-state index contributed by atoms with van der Waals surface area (Å²) in [5, 5.41) is 19.9. The van der Waals surface area contributed by atoms with Crippen LogP contribution in [0.5, 0.6) is 11.5 Å². The van der Waals surface area contributed by atoms with Gasteiger partial charge in [-0.3, -0.25) is 4.79 Å². The molecule has 18 heavy (non-hydrogen) atoms. The quantitative estimate of drug-likeness (QED) is 0.593. The van der Waals surface area contributed by atoms with Gasteiger partial charge in [0.15, 0.2) is 5.78 Å². The predicted octanol–water partition coefficient (Wildman–Crippen LogP) is 3.98. The second kappa shape index (κ2) is 6.43. The number of Topliss-reactive ketones (excluding diaryl/α,β-unsaturated/α-hetero) is 1. The van der Waals surface area contributed by atoms with Gasteiger partial charge in [-0.15, -0.1) is 0 Å². The van der Waals surface area contributed by atoms with Crippen molar-refractivity contribution >= 4 is 5.78 Å². The van der Waals surface area contributed by atoms with Crippen molar-refractivity contribution in [1.82, 2.24) is 0 Å². The highest BCUT2D eigenvalue weighted by Crippen LogP contribution is 2.38. The summed E-state index contributed by atoms with van der Waals surface area (Å²) in [5.41, 5.74) is 0.781. The summed E-state index contributed by atoms with van der Waals surface area (Å²) in [7, 11) is 0. The third kappa shape index (κ3) is 3.25. The minimum absolute atomic E-state index is 0.0517. The molecule has 0 aliphatic rings. The van der Waals surface area contributed by atoms with Crippen molar-refractivity contribution < 1.29 is 15.0 Å². The fourth-order valence-corrected chi connectivity index (χ4v) is 2.21. The topological polar surface area (TPSA) is 57.5 Å². The maximum atomic E-state index is 11.4. The van der Waals surface area contributed by atoms with Crippen LogP contribution in [-0.2, 0) is 0 Å². The average molecular weight is 250 g/mol. The van der Waals surface area contributed by atoms with Crippen LogP contribution < -0.4 is 0 Å². The van der Waals surface area contributed by atoms with Crippen LogP contribution in [0.2, 0.25) is 0 Å². The largest absolute Gasteiger partial charge is 0.508 e. The Morgan fingerprint density at radius 1 is 1.28 bits per heavy atom. The lowest BCUT2D eigenvalue weighted by molar-refractivity contribution is 0.101. The van der Waals surface area contributed by atoms with Crippen LogP contribution in [0, 0.1) is 0 Å². The lowest BCUT2D eigenvalue weighted by Gasteiger charge is -2.16. The molecule has 3 nitrogen and oxygen atoms in total. The Bertz CT molecular complexity index is 424. The highest BCUT2D eigenvalue weighted by Gasteiger charge is 2.19. The van der Waals surface area contributed by atoms with Crippen molar-refractivity contribution in [2.45, 2.75) is 52.4 Å². The molecule has 2 N–H and O–H groups in total. The molecule has 3 heteroatoms. The molecule has 0 heterocycles. The Morgan fingerprint density at radius 2 is 1.94 bits per heavy atom. The molecule has 0 saturated carbocycles. The minimum Gasteiger partial charge on any atom is -0.508 e. The van der Waals surface area contributed by atoms with Gasteiger partial charge in [0, 0.05) is 5.56 Å². The zero-order valence-corrected chi connectivity index (χ0v) is 11.4. The van der Waals surface area contributed by atoms with E-state index in [1.807, 2.05) is 6.92 Å². The van der Waals surface area contributed by atoms with Crippen molar-refractivity contribution in [3.05, 3.63) is 23.3 Å². The monoisotopic (exact) mass is 250 g/mol. The van der Waals surface area contributed by atoms with E-state index in [0.29, 0.717) is 5.56 Å². The summed E-state index contributed by atoms with van der Waals surface area (Å²) in [5.74, 6) is -0.127. The summed E-state index contributed by atoms with van der Waals surface area (Å²) in [6.07, 6.45) is 4.23. The summed E-state index contributed by atoms with van der Waals surface area (Å²) in [4.78, 5) is 11.4. The van der Waals surface area contributed by atoms with E-state index in [9.17, 15) is 15.0 Å². The highest BCUT2D eigenvalue weighted by atomic mass is 16.3. The third-order valence-electron chi connectivity index (χ3n) is 3.31. The fourth-order valence-electron chi connectivity index (χ4n) is 2.21. The third-order valence-corrected chi connectivity index (χ3v) is 3.31. The zero-order chi connectivity index (χ0) is 13.7. The first-order valence-corrected chi connectivity index (χ1v) is 6.54. The number of aromatic hydroxyl groups is 2. The molecule has 1 aromatic carbocycles. The van der Waals surface area contributed by atoms with E-state index in [2.05, 4.69) is 6.92 Å². The lowest BCUT2D eigenvalue weighted by atomic mass is 9.91. The van der Waals surface area contributed by atoms with Gasteiger partial charge >= 0.3 is 0 Å². The number of phenolic OH excluding ortho intramolecular Hbond substituents is 2. The molecule has 1 rings (SSSR count). The number of unbranched alkanes of at least 4 members (excludes halogenated alkanes) is 2. The maximum Gasteiger partial charge on any atom is 0.163 e. The molecule has 1 aromatic rings. The van der Waals surface area contributed by atoms with Crippen LogP contribution in [0.25, 0.3) is 0 Å². The first-order valence-electron chi connectivity index (χ1n) is 6.54. The summed E-state index contributed by atoms with van der Waals surface area (Å²) in [6.45, 7) is 5.52. The Morgan fingerprint density at radius 3 is 2.50 bits per heavy atom. The van der Waals surface area contributed by atoms with Crippen molar-refractivity contribution in [3.63, 3.8) is 0 Å². The van der Waals surface area contributed by atoms with Gasteiger partial charge in [-0.1, -0.05) is 33.1 Å². The molecule has 0 fully saturated rings. The van der Waals surface area contributed by atoms with Gasteiger partial charge in [-0.05, 0) is 31.4 Å². The van der Waals surface area contributed by atoms with Crippen LogP contribution in [0.4, 0.5) is 0 Å². The number of carbonyl (C=O) groups excluding carboxylic acids is 1. The molecule has 100 valence electrons. The normalized spacial score (nSPS) is 12.4. The first kappa shape index (κ1) is 14.6. The number of carbonyl (C=O) groups is 1. The van der Waals surface area contributed by atoms with Gasteiger partial charge in [0.05, 0.1) is 5.56 Å². The molecule has 0 aromatic heterocycles. The second-order valence-electron chi connectivity index (χ2n) is 4.85. The Labute approximate surface area is 108 Å². The predicted molar refractivity (Wildman–Crippen MR) is 72.3 cm³/mol. The highest BCUT2D eigenvalue weighted by molar-refractivity contribution is 5.97. The summed E-state index contributed by atoms with van der Waals surface area (Å²) in [6, 6.07) is 2.96. The Hall–Kier alpha value is -1.51. The van der Waals surface area contributed by atoms with E-state index in [0.717, 1.165) is 25.7 Å². The summed E-state index contributed by atoms with van der Waals surface area (Å²) >= 11 is 0. The minimum atomic E-state index is -0.186. The number of hydrogen-bond donors (Lipinski definition) is 2. The van der Waals surface area contributed by atoms with E-state index in [4.69, 9.17) is 0 Å². The number of phenols is 2. The molecule has 1 unspecified atom stereocenters. The van der Waals surface area contributed by atoms with Gasteiger partial charge in [-0.2, -0.15) is 0 Å². The number of benzene rings is 1. The van der Waals surface area contributed by atoms with E-state index in [-0.39, 0.29) is 28.8 Å². The van der Waals surface area contributed by atoms with E-state index in [1.54, 1.807) is 0 Å². The molecule has 0 aliphatic carbocycles. The first-order chi connectivity index (χ1) is 8.49. The van der Waals surface area contributed by atoms with Gasteiger partial charge in [-0.25, -0.2) is 0 Å². The van der Waals surface area contributed by atoms with Crippen molar-refractivity contribution in [2.75, 3.05) is 0 Å². The smallest absolute Gasteiger partial charge is 0.163 e. The average Bonchev–Trinajstić information content (AvgIpc) is 2.28. The van der Waals surface area contributed by atoms with Crippen molar-refractivity contribution in [2.24, 2.45) is 0 Å².